The van der Waals surface area contributed by atoms with E-state index in [2.05, 4.69) is 5.32 Å². The lowest BCUT2D eigenvalue weighted by atomic mass is 10.1. The van der Waals surface area contributed by atoms with Crippen molar-refractivity contribution < 1.29 is 14.3 Å². The maximum Gasteiger partial charge on any atom is 0.410 e. The molecule has 0 aliphatic carbocycles. The maximum absolute atomic E-state index is 12.0. The Morgan fingerprint density at radius 1 is 1.33 bits per heavy atom. The predicted molar refractivity (Wildman–Crippen MR) is 78.4 cm³/mol. The molecule has 0 unspecified atom stereocenters. The summed E-state index contributed by atoms with van der Waals surface area (Å²) >= 11 is 0. The zero-order valence-corrected chi connectivity index (χ0v) is 12.0. The minimum absolute atomic E-state index is 0.0328. The summed E-state index contributed by atoms with van der Waals surface area (Å²) in [5.74, 6) is -0.195. The minimum Gasteiger partial charge on any atom is -0.445 e. The standard InChI is InChI=1S/C15H21N3O3/c16-9-14(19)17-13-7-4-8-18(10-13)15(20)21-11-12-5-2-1-3-6-12/h1-3,5-6,13H,4,7-11,16H2,(H,17,19)/t13-/m0/s1. The smallest absolute Gasteiger partial charge is 0.410 e. The molecule has 0 radical (unpaired) electrons. The molecule has 1 saturated heterocycles. The van der Waals surface area contributed by atoms with E-state index in [1.165, 1.54) is 0 Å². The van der Waals surface area contributed by atoms with E-state index in [-0.39, 0.29) is 31.2 Å². The van der Waals surface area contributed by atoms with Crippen molar-refractivity contribution in [3.63, 3.8) is 0 Å². The second-order valence-electron chi connectivity index (χ2n) is 5.10. The van der Waals surface area contributed by atoms with Gasteiger partial charge in [-0.2, -0.15) is 0 Å². The molecular weight excluding hydrogens is 270 g/mol. The lowest BCUT2D eigenvalue weighted by molar-refractivity contribution is -0.120. The molecular formula is C15H21N3O3. The van der Waals surface area contributed by atoms with Crippen molar-refractivity contribution >= 4 is 12.0 Å². The number of ether oxygens (including phenoxy) is 1. The number of nitrogens with one attached hydrogen (secondary N) is 1. The first-order chi connectivity index (χ1) is 10.2. The van der Waals surface area contributed by atoms with Crippen LogP contribution in [0.15, 0.2) is 30.3 Å². The van der Waals surface area contributed by atoms with E-state index in [1.807, 2.05) is 30.3 Å². The van der Waals surface area contributed by atoms with Gasteiger partial charge >= 0.3 is 6.09 Å². The lowest BCUT2D eigenvalue weighted by Gasteiger charge is -2.32. The van der Waals surface area contributed by atoms with Crippen molar-refractivity contribution in [2.24, 2.45) is 5.73 Å². The Morgan fingerprint density at radius 3 is 2.81 bits per heavy atom. The normalized spacial score (nSPS) is 18.1. The molecule has 0 aromatic heterocycles. The summed E-state index contributed by atoms with van der Waals surface area (Å²) in [5, 5.41) is 2.81. The molecule has 3 N–H and O–H groups in total. The van der Waals surface area contributed by atoms with Crippen LogP contribution in [0, 0.1) is 0 Å². The third-order valence-electron chi connectivity index (χ3n) is 3.44. The van der Waals surface area contributed by atoms with Gasteiger partial charge in [-0.05, 0) is 18.4 Å². The highest BCUT2D eigenvalue weighted by Gasteiger charge is 2.25. The van der Waals surface area contributed by atoms with E-state index >= 15 is 0 Å². The van der Waals surface area contributed by atoms with Crippen LogP contribution >= 0.6 is 0 Å². The summed E-state index contributed by atoms with van der Waals surface area (Å²) in [5.41, 5.74) is 6.23. The Labute approximate surface area is 124 Å². The molecule has 114 valence electrons. The quantitative estimate of drug-likeness (QED) is 0.862. The van der Waals surface area contributed by atoms with E-state index in [4.69, 9.17) is 10.5 Å². The van der Waals surface area contributed by atoms with Crippen LogP contribution in [0.3, 0.4) is 0 Å². The summed E-state index contributed by atoms with van der Waals surface area (Å²) in [4.78, 5) is 25.0. The Morgan fingerprint density at radius 2 is 2.10 bits per heavy atom. The highest BCUT2D eigenvalue weighted by Crippen LogP contribution is 2.12. The first-order valence-electron chi connectivity index (χ1n) is 7.14. The maximum atomic E-state index is 12.0. The fraction of sp³-hybridized carbons (Fsp3) is 0.467. The van der Waals surface area contributed by atoms with E-state index in [0.29, 0.717) is 13.1 Å². The molecule has 1 aliphatic heterocycles. The van der Waals surface area contributed by atoms with Gasteiger partial charge in [0.05, 0.1) is 6.54 Å². The molecule has 0 saturated carbocycles. The van der Waals surface area contributed by atoms with E-state index in [9.17, 15) is 9.59 Å². The number of nitrogens with zero attached hydrogens (tertiary/aromatic N) is 1. The molecule has 6 heteroatoms. The molecule has 0 bridgehead atoms. The largest absolute Gasteiger partial charge is 0.445 e. The predicted octanol–water partition coefficient (Wildman–Crippen LogP) is 0.862. The molecule has 1 aliphatic rings. The topological polar surface area (TPSA) is 84.7 Å². The van der Waals surface area contributed by atoms with Crippen molar-refractivity contribution in [1.29, 1.82) is 0 Å². The summed E-state index contributed by atoms with van der Waals surface area (Å²) in [6.45, 7) is 1.35. The van der Waals surface area contributed by atoms with E-state index < -0.39 is 0 Å². The number of likely N-dealkylation sites (tertiary alicyclic amines) is 1. The highest BCUT2D eigenvalue weighted by molar-refractivity contribution is 5.78. The van der Waals surface area contributed by atoms with Crippen LogP contribution in [0.2, 0.25) is 0 Å². The van der Waals surface area contributed by atoms with Gasteiger partial charge in [-0.15, -0.1) is 0 Å². The number of amides is 2. The second-order valence-corrected chi connectivity index (χ2v) is 5.10. The lowest BCUT2D eigenvalue weighted by Crippen LogP contribution is -2.50. The van der Waals surface area contributed by atoms with Crippen LogP contribution < -0.4 is 11.1 Å². The van der Waals surface area contributed by atoms with Crippen molar-refractivity contribution in [3.8, 4) is 0 Å². The summed E-state index contributed by atoms with van der Waals surface area (Å²) in [6, 6.07) is 9.51. The van der Waals surface area contributed by atoms with Gasteiger partial charge in [0.1, 0.15) is 6.61 Å². The van der Waals surface area contributed by atoms with Crippen molar-refractivity contribution in [3.05, 3.63) is 35.9 Å². The second kappa shape index (κ2) is 7.64. The van der Waals surface area contributed by atoms with Gasteiger partial charge in [-0.3, -0.25) is 4.79 Å². The highest BCUT2D eigenvalue weighted by atomic mass is 16.6. The Kier molecular flexibility index (Phi) is 5.57. The summed E-state index contributed by atoms with van der Waals surface area (Å²) in [6.07, 6.45) is 1.36. The van der Waals surface area contributed by atoms with Gasteiger partial charge in [-0.1, -0.05) is 30.3 Å². The molecule has 21 heavy (non-hydrogen) atoms. The average Bonchev–Trinajstić information content (AvgIpc) is 2.53. The van der Waals surface area contributed by atoms with Crippen LogP contribution in [0.5, 0.6) is 0 Å². The van der Waals surface area contributed by atoms with Gasteiger partial charge < -0.3 is 20.7 Å². The van der Waals surface area contributed by atoms with Crippen molar-refractivity contribution in [2.45, 2.75) is 25.5 Å². The summed E-state index contributed by atoms with van der Waals surface area (Å²) < 4.78 is 5.30. The number of benzene rings is 1. The molecule has 2 rings (SSSR count). The minimum atomic E-state index is -0.342. The number of piperidine rings is 1. The van der Waals surface area contributed by atoms with Crippen LogP contribution in [-0.2, 0) is 16.1 Å². The molecule has 1 fully saturated rings. The average molecular weight is 291 g/mol. The zero-order chi connectivity index (χ0) is 15.1. The van der Waals surface area contributed by atoms with Gasteiger partial charge in [0.15, 0.2) is 0 Å². The van der Waals surface area contributed by atoms with Gasteiger partial charge in [0.25, 0.3) is 0 Å². The van der Waals surface area contributed by atoms with Crippen molar-refractivity contribution in [2.75, 3.05) is 19.6 Å². The van der Waals surface area contributed by atoms with E-state index in [0.717, 1.165) is 18.4 Å². The fourth-order valence-electron chi connectivity index (χ4n) is 2.36. The monoisotopic (exact) mass is 291 g/mol. The molecule has 0 spiro atoms. The molecule has 2 amide bonds. The first kappa shape index (κ1) is 15.3. The first-order valence-corrected chi connectivity index (χ1v) is 7.14. The molecule has 1 aromatic carbocycles. The van der Waals surface area contributed by atoms with Gasteiger partial charge in [-0.25, -0.2) is 4.79 Å². The number of hydrogen-bond donors (Lipinski definition) is 2. The third-order valence-corrected chi connectivity index (χ3v) is 3.44. The van der Waals surface area contributed by atoms with Crippen LogP contribution in [-0.4, -0.2) is 42.6 Å². The van der Waals surface area contributed by atoms with E-state index in [1.54, 1.807) is 4.90 Å². The number of carbonyl (C=O) groups excluding carboxylic acids is 2. The van der Waals surface area contributed by atoms with Crippen LogP contribution in [0.1, 0.15) is 18.4 Å². The van der Waals surface area contributed by atoms with Crippen molar-refractivity contribution in [1.82, 2.24) is 10.2 Å². The van der Waals surface area contributed by atoms with Gasteiger partial charge in [0.2, 0.25) is 5.91 Å². The Bertz CT molecular complexity index is 478. The SMILES string of the molecule is NCC(=O)N[C@H]1CCCN(C(=O)OCc2ccccc2)C1. The van der Waals surface area contributed by atoms with Crippen LogP contribution in [0.25, 0.3) is 0 Å². The third kappa shape index (κ3) is 4.75. The Balaban J connectivity index is 1.80. The fourth-order valence-corrected chi connectivity index (χ4v) is 2.36. The number of nitrogens with two attached hydrogens (primary N) is 1. The summed E-state index contributed by atoms with van der Waals surface area (Å²) in [7, 11) is 0. The number of hydrogen-bond acceptors (Lipinski definition) is 4. The molecule has 1 heterocycles. The zero-order valence-electron chi connectivity index (χ0n) is 12.0. The van der Waals surface area contributed by atoms with Crippen LogP contribution in [0.4, 0.5) is 4.79 Å². The number of rotatable bonds is 4. The number of carbonyl (C=O) groups is 2. The molecule has 6 nitrogen and oxygen atoms in total. The molecule has 1 aromatic rings. The van der Waals surface area contributed by atoms with Gasteiger partial charge in [0, 0.05) is 19.1 Å². The molecule has 1 atom stereocenters. The Hall–Kier alpha value is -2.08.